The summed E-state index contributed by atoms with van der Waals surface area (Å²) in [5.41, 5.74) is 0. The average Bonchev–Trinajstić information content (AvgIpc) is 2.83. The van der Waals surface area contributed by atoms with Gasteiger partial charge in [-0.15, -0.1) is 0 Å². The average molecular weight is 290 g/mol. The first-order valence-corrected chi connectivity index (χ1v) is 9.35. The molecule has 19 heavy (non-hydrogen) atoms. The molecule has 5 heteroatoms. The number of sulfonamides is 1. The van der Waals surface area contributed by atoms with Crippen LogP contribution in [-0.4, -0.2) is 33.3 Å². The van der Waals surface area contributed by atoms with Crippen LogP contribution in [0.3, 0.4) is 0 Å². The standard InChI is InChI=1S/C14H30N2O2S/c1-13(2)15-10-6-12-19(17,18)16-11-5-9-14-7-3-4-8-14/h13-16H,3-12H2,1-2H3. The van der Waals surface area contributed by atoms with Gasteiger partial charge in [0, 0.05) is 12.6 Å². The molecule has 2 N–H and O–H groups in total. The quantitative estimate of drug-likeness (QED) is 0.607. The van der Waals surface area contributed by atoms with Crippen LogP contribution in [0.4, 0.5) is 0 Å². The van der Waals surface area contributed by atoms with E-state index >= 15 is 0 Å². The Morgan fingerprint density at radius 1 is 1.11 bits per heavy atom. The highest BCUT2D eigenvalue weighted by Gasteiger charge is 2.15. The summed E-state index contributed by atoms with van der Waals surface area (Å²) >= 11 is 0. The van der Waals surface area contributed by atoms with Crippen LogP contribution in [0.2, 0.25) is 0 Å². The van der Waals surface area contributed by atoms with Crippen molar-refractivity contribution in [2.75, 3.05) is 18.8 Å². The van der Waals surface area contributed by atoms with Crippen molar-refractivity contribution in [3.8, 4) is 0 Å². The van der Waals surface area contributed by atoms with E-state index in [1.54, 1.807) is 0 Å². The first-order valence-electron chi connectivity index (χ1n) is 7.70. The summed E-state index contributed by atoms with van der Waals surface area (Å²) in [6.45, 7) is 5.50. The highest BCUT2D eigenvalue weighted by Crippen LogP contribution is 2.28. The Morgan fingerprint density at radius 2 is 1.79 bits per heavy atom. The molecule has 1 rings (SSSR count). The van der Waals surface area contributed by atoms with Crippen LogP contribution in [0, 0.1) is 5.92 Å². The van der Waals surface area contributed by atoms with E-state index < -0.39 is 10.0 Å². The van der Waals surface area contributed by atoms with E-state index in [1.165, 1.54) is 32.1 Å². The SMILES string of the molecule is CC(C)NCCCS(=O)(=O)NCCCC1CCCC1. The summed E-state index contributed by atoms with van der Waals surface area (Å²) in [4.78, 5) is 0. The van der Waals surface area contributed by atoms with E-state index in [-0.39, 0.29) is 5.75 Å². The van der Waals surface area contributed by atoms with Crippen LogP contribution in [0.25, 0.3) is 0 Å². The van der Waals surface area contributed by atoms with Crippen molar-refractivity contribution in [3.05, 3.63) is 0 Å². The Morgan fingerprint density at radius 3 is 2.42 bits per heavy atom. The summed E-state index contributed by atoms with van der Waals surface area (Å²) in [6, 6.07) is 0.419. The smallest absolute Gasteiger partial charge is 0.211 e. The zero-order valence-corrected chi connectivity index (χ0v) is 13.3. The van der Waals surface area contributed by atoms with E-state index in [1.807, 2.05) is 0 Å². The molecule has 0 aliphatic heterocycles. The molecule has 0 bridgehead atoms. The van der Waals surface area contributed by atoms with Gasteiger partial charge in [-0.25, -0.2) is 13.1 Å². The topological polar surface area (TPSA) is 58.2 Å². The van der Waals surface area contributed by atoms with E-state index in [0.29, 0.717) is 19.0 Å². The van der Waals surface area contributed by atoms with Gasteiger partial charge in [0.1, 0.15) is 0 Å². The summed E-state index contributed by atoms with van der Waals surface area (Å²) in [5.74, 6) is 1.08. The molecule has 0 aromatic heterocycles. The summed E-state index contributed by atoms with van der Waals surface area (Å²) in [7, 11) is -3.07. The van der Waals surface area contributed by atoms with E-state index in [4.69, 9.17) is 0 Å². The van der Waals surface area contributed by atoms with E-state index in [9.17, 15) is 8.42 Å². The predicted molar refractivity (Wildman–Crippen MR) is 80.7 cm³/mol. The number of hydrogen-bond donors (Lipinski definition) is 2. The zero-order chi connectivity index (χ0) is 14.1. The molecule has 0 atom stereocenters. The van der Waals surface area contributed by atoms with Gasteiger partial charge in [0.15, 0.2) is 0 Å². The minimum Gasteiger partial charge on any atom is -0.314 e. The molecule has 0 aromatic carbocycles. The molecule has 0 amide bonds. The first-order chi connectivity index (χ1) is 8.99. The van der Waals surface area contributed by atoms with Gasteiger partial charge >= 0.3 is 0 Å². The Kier molecular flexibility index (Phi) is 7.95. The molecule has 0 radical (unpaired) electrons. The highest BCUT2D eigenvalue weighted by atomic mass is 32.2. The molecule has 0 spiro atoms. The lowest BCUT2D eigenvalue weighted by molar-refractivity contribution is 0.480. The molecular formula is C14H30N2O2S. The maximum Gasteiger partial charge on any atom is 0.211 e. The maximum absolute atomic E-state index is 11.7. The molecule has 0 heterocycles. The predicted octanol–water partition coefficient (Wildman–Crippen LogP) is 2.26. The fourth-order valence-corrected chi connectivity index (χ4v) is 3.77. The molecule has 0 aromatic rings. The van der Waals surface area contributed by atoms with Gasteiger partial charge in [-0.2, -0.15) is 0 Å². The van der Waals surface area contributed by atoms with Crippen LogP contribution < -0.4 is 10.0 Å². The Bertz CT molecular complexity index is 322. The lowest BCUT2D eigenvalue weighted by atomic mass is 10.0. The van der Waals surface area contributed by atoms with Crippen molar-refractivity contribution in [2.45, 2.75) is 64.8 Å². The van der Waals surface area contributed by atoms with Gasteiger partial charge in [-0.3, -0.25) is 0 Å². The largest absolute Gasteiger partial charge is 0.314 e. The van der Waals surface area contributed by atoms with Gasteiger partial charge in [-0.1, -0.05) is 39.5 Å². The van der Waals surface area contributed by atoms with Crippen molar-refractivity contribution in [2.24, 2.45) is 5.92 Å². The van der Waals surface area contributed by atoms with Crippen molar-refractivity contribution in [3.63, 3.8) is 0 Å². The second-order valence-corrected chi connectivity index (χ2v) is 7.89. The van der Waals surface area contributed by atoms with Gasteiger partial charge in [0.05, 0.1) is 5.75 Å². The van der Waals surface area contributed by atoms with Crippen LogP contribution in [0.15, 0.2) is 0 Å². The Hall–Kier alpha value is -0.130. The third-order valence-electron chi connectivity index (χ3n) is 3.73. The molecule has 0 saturated heterocycles. The summed E-state index contributed by atoms with van der Waals surface area (Å²) in [6.07, 6.45) is 8.24. The second-order valence-electron chi connectivity index (χ2n) is 5.97. The van der Waals surface area contributed by atoms with Gasteiger partial charge in [0.25, 0.3) is 0 Å². The molecule has 1 aliphatic carbocycles. The number of hydrogen-bond acceptors (Lipinski definition) is 3. The van der Waals surface area contributed by atoms with Crippen LogP contribution >= 0.6 is 0 Å². The van der Waals surface area contributed by atoms with Crippen molar-refractivity contribution < 1.29 is 8.42 Å². The van der Waals surface area contributed by atoms with Crippen LogP contribution in [0.5, 0.6) is 0 Å². The lowest BCUT2D eigenvalue weighted by Crippen LogP contribution is -2.30. The van der Waals surface area contributed by atoms with Crippen molar-refractivity contribution in [1.82, 2.24) is 10.0 Å². The first kappa shape index (κ1) is 16.9. The molecule has 4 nitrogen and oxygen atoms in total. The van der Waals surface area contributed by atoms with E-state index in [2.05, 4.69) is 23.9 Å². The maximum atomic E-state index is 11.7. The number of rotatable bonds is 10. The monoisotopic (exact) mass is 290 g/mol. The van der Waals surface area contributed by atoms with Crippen LogP contribution in [-0.2, 0) is 10.0 Å². The minimum absolute atomic E-state index is 0.232. The highest BCUT2D eigenvalue weighted by molar-refractivity contribution is 7.89. The molecular weight excluding hydrogens is 260 g/mol. The zero-order valence-electron chi connectivity index (χ0n) is 12.5. The second kappa shape index (κ2) is 8.93. The molecule has 114 valence electrons. The van der Waals surface area contributed by atoms with Gasteiger partial charge in [-0.05, 0) is 31.7 Å². The van der Waals surface area contributed by atoms with Crippen molar-refractivity contribution >= 4 is 10.0 Å². The number of nitrogens with one attached hydrogen (secondary N) is 2. The molecule has 0 unspecified atom stereocenters. The van der Waals surface area contributed by atoms with E-state index in [0.717, 1.165) is 18.9 Å². The molecule has 1 aliphatic rings. The van der Waals surface area contributed by atoms with Crippen LogP contribution in [0.1, 0.15) is 58.8 Å². The summed E-state index contributed by atoms with van der Waals surface area (Å²) < 4.78 is 26.2. The fraction of sp³-hybridized carbons (Fsp3) is 1.00. The Balaban J connectivity index is 2.02. The van der Waals surface area contributed by atoms with Crippen molar-refractivity contribution in [1.29, 1.82) is 0 Å². The molecule has 1 fully saturated rings. The third-order valence-corrected chi connectivity index (χ3v) is 5.20. The lowest BCUT2D eigenvalue weighted by Gasteiger charge is -2.11. The minimum atomic E-state index is -3.07. The molecule has 1 saturated carbocycles. The third kappa shape index (κ3) is 8.60. The summed E-state index contributed by atoms with van der Waals surface area (Å²) in [5, 5.41) is 3.23. The van der Waals surface area contributed by atoms with Gasteiger partial charge in [0.2, 0.25) is 10.0 Å². The Labute approximate surface area is 118 Å². The normalized spacial score (nSPS) is 17.4. The fourth-order valence-electron chi connectivity index (χ4n) is 2.64. The van der Waals surface area contributed by atoms with Gasteiger partial charge < -0.3 is 5.32 Å².